The lowest BCUT2D eigenvalue weighted by atomic mass is 10.1. The summed E-state index contributed by atoms with van der Waals surface area (Å²) < 4.78 is 0. The second kappa shape index (κ2) is 9.92. The summed E-state index contributed by atoms with van der Waals surface area (Å²) in [6, 6.07) is 13.6. The summed E-state index contributed by atoms with van der Waals surface area (Å²) in [6.07, 6.45) is 0. The fourth-order valence-corrected chi connectivity index (χ4v) is 2.70. The molecule has 142 valence electrons. The Kier molecular flexibility index (Phi) is 8.26. The van der Waals surface area contributed by atoms with Gasteiger partial charge in [0.05, 0.1) is 0 Å². The maximum atomic E-state index is 12.2. The highest BCUT2D eigenvalue weighted by Crippen LogP contribution is 2.23. The molecule has 0 spiro atoms. The molecule has 0 unspecified atom stereocenters. The van der Waals surface area contributed by atoms with Crippen LogP contribution in [0, 0.1) is 6.92 Å². The van der Waals surface area contributed by atoms with E-state index in [4.69, 9.17) is 0 Å². The molecule has 2 aromatic rings. The molecule has 2 aromatic carbocycles. The number of carbonyl (C=O) groups excluding carboxylic acids is 1. The SMILES string of the molecule is CCN(CC)c1ccc(NC(=O)Nc2ccc(N(C)C)cc2)c(C)c1.[Cl-]. The Morgan fingerprint density at radius 1 is 0.923 bits per heavy atom. The Hall–Kier alpha value is -2.40. The van der Waals surface area contributed by atoms with Crippen LogP contribution in [-0.4, -0.2) is 33.2 Å². The quantitative estimate of drug-likeness (QED) is 0.805. The molecule has 2 amide bonds. The van der Waals surface area contributed by atoms with Gasteiger partial charge in [-0.05, 0) is 68.8 Å². The number of amides is 2. The normalized spacial score (nSPS) is 9.88. The molecule has 0 fully saturated rings. The summed E-state index contributed by atoms with van der Waals surface area (Å²) in [5, 5.41) is 5.78. The topological polar surface area (TPSA) is 47.6 Å². The van der Waals surface area contributed by atoms with E-state index in [1.54, 1.807) is 0 Å². The third kappa shape index (κ3) is 5.56. The van der Waals surface area contributed by atoms with Crippen molar-refractivity contribution in [3.8, 4) is 0 Å². The molecule has 2 N–H and O–H groups in total. The summed E-state index contributed by atoms with van der Waals surface area (Å²) in [6.45, 7) is 8.22. The van der Waals surface area contributed by atoms with Gasteiger partial charge in [-0.2, -0.15) is 0 Å². The number of aryl methyl sites for hydroxylation is 1. The number of halogens is 1. The van der Waals surface area contributed by atoms with E-state index in [0.29, 0.717) is 0 Å². The predicted octanol–water partition coefficient (Wildman–Crippen LogP) is 1.56. The molecule has 26 heavy (non-hydrogen) atoms. The maximum absolute atomic E-state index is 12.2. The largest absolute Gasteiger partial charge is 1.00 e. The molecule has 5 nitrogen and oxygen atoms in total. The van der Waals surface area contributed by atoms with E-state index >= 15 is 0 Å². The number of hydrogen-bond donors (Lipinski definition) is 2. The van der Waals surface area contributed by atoms with Crippen LogP contribution in [0.3, 0.4) is 0 Å². The van der Waals surface area contributed by atoms with Crippen molar-refractivity contribution in [2.45, 2.75) is 20.8 Å². The maximum Gasteiger partial charge on any atom is 0.323 e. The van der Waals surface area contributed by atoms with Crippen LogP contribution >= 0.6 is 0 Å². The van der Waals surface area contributed by atoms with Gasteiger partial charge in [0.2, 0.25) is 0 Å². The third-order valence-corrected chi connectivity index (χ3v) is 4.23. The molecule has 0 radical (unpaired) electrons. The molecule has 0 heterocycles. The van der Waals surface area contributed by atoms with Gasteiger partial charge in [-0.25, -0.2) is 4.79 Å². The second-order valence-corrected chi connectivity index (χ2v) is 6.19. The summed E-state index contributed by atoms with van der Waals surface area (Å²) in [7, 11) is 3.97. The number of hydrogen-bond acceptors (Lipinski definition) is 3. The van der Waals surface area contributed by atoms with Crippen LogP contribution in [0.1, 0.15) is 19.4 Å². The van der Waals surface area contributed by atoms with E-state index in [0.717, 1.165) is 35.7 Å². The lowest BCUT2D eigenvalue weighted by molar-refractivity contribution is -0.00000820. The summed E-state index contributed by atoms with van der Waals surface area (Å²) in [4.78, 5) is 16.5. The smallest absolute Gasteiger partial charge is 0.323 e. The zero-order valence-electron chi connectivity index (χ0n) is 16.1. The van der Waals surface area contributed by atoms with Crippen LogP contribution < -0.4 is 32.8 Å². The summed E-state index contributed by atoms with van der Waals surface area (Å²) in [5.41, 5.74) is 4.89. The van der Waals surface area contributed by atoms with Gasteiger partial charge in [0.25, 0.3) is 0 Å². The van der Waals surface area contributed by atoms with Gasteiger partial charge < -0.3 is 32.8 Å². The molecule has 0 atom stereocenters. The zero-order valence-corrected chi connectivity index (χ0v) is 16.9. The van der Waals surface area contributed by atoms with Crippen molar-refractivity contribution in [3.05, 3.63) is 48.0 Å². The monoisotopic (exact) mass is 375 g/mol. The number of urea groups is 1. The number of carbonyl (C=O) groups is 1. The standard InChI is InChI=1S/C20H28N4O.ClH/c1-6-24(7-2)18-12-13-19(15(3)14-18)22-20(25)21-16-8-10-17(11-9-16)23(4)5;/h8-14H,6-7H2,1-5H3,(H2,21,22,25);1H/p-1. The first-order valence-corrected chi connectivity index (χ1v) is 8.65. The Morgan fingerprint density at radius 3 is 2.00 bits per heavy atom. The first kappa shape index (κ1) is 21.6. The van der Waals surface area contributed by atoms with Crippen molar-refractivity contribution in [1.29, 1.82) is 0 Å². The molecule has 2 rings (SSSR count). The van der Waals surface area contributed by atoms with Gasteiger partial charge in [-0.3, -0.25) is 0 Å². The van der Waals surface area contributed by atoms with Crippen molar-refractivity contribution in [1.82, 2.24) is 0 Å². The van der Waals surface area contributed by atoms with Crippen molar-refractivity contribution < 1.29 is 17.2 Å². The lowest BCUT2D eigenvalue weighted by Gasteiger charge is -2.22. The number of benzene rings is 2. The van der Waals surface area contributed by atoms with E-state index in [-0.39, 0.29) is 18.4 Å². The van der Waals surface area contributed by atoms with Crippen LogP contribution in [0.5, 0.6) is 0 Å². The van der Waals surface area contributed by atoms with Crippen molar-refractivity contribution in [2.24, 2.45) is 0 Å². The minimum atomic E-state index is -0.240. The Balaban J connectivity index is 0.00000338. The fourth-order valence-electron chi connectivity index (χ4n) is 2.70. The molecule has 0 bridgehead atoms. The van der Waals surface area contributed by atoms with Crippen LogP contribution in [0.25, 0.3) is 0 Å². The number of nitrogens with one attached hydrogen (secondary N) is 2. The summed E-state index contributed by atoms with van der Waals surface area (Å²) in [5.74, 6) is 0. The van der Waals surface area contributed by atoms with Crippen LogP contribution in [0.15, 0.2) is 42.5 Å². The fraction of sp³-hybridized carbons (Fsp3) is 0.350. The van der Waals surface area contributed by atoms with Crippen molar-refractivity contribution in [3.63, 3.8) is 0 Å². The Bertz CT molecular complexity index is 712. The third-order valence-electron chi connectivity index (χ3n) is 4.23. The number of anilines is 4. The molecule has 0 aliphatic rings. The van der Waals surface area contributed by atoms with Gasteiger partial charge in [0.1, 0.15) is 0 Å². The Labute approximate surface area is 162 Å². The summed E-state index contributed by atoms with van der Waals surface area (Å²) >= 11 is 0. The second-order valence-electron chi connectivity index (χ2n) is 6.19. The predicted molar refractivity (Wildman–Crippen MR) is 108 cm³/mol. The molecule has 0 saturated carbocycles. The number of rotatable bonds is 6. The van der Waals surface area contributed by atoms with Crippen LogP contribution in [0.2, 0.25) is 0 Å². The average molecular weight is 376 g/mol. The highest BCUT2D eigenvalue weighted by atomic mass is 35.5. The highest BCUT2D eigenvalue weighted by Gasteiger charge is 2.08. The molecule has 0 aromatic heterocycles. The molecular formula is C20H28ClN4O-. The Morgan fingerprint density at radius 2 is 1.50 bits per heavy atom. The van der Waals surface area contributed by atoms with Gasteiger partial charge in [0.15, 0.2) is 0 Å². The van der Waals surface area contributed by atoms with Crippen molar-refractivity contribution >= 4 is 28.8 Å². The average Bonchev–Trinajstić information content (AvgIpc) is 2.58. The van der Waals surface area contributed by atoms with Gasteiger partial charge in [-0.15, -0.1) is 0 Å². The lowest BCUT2D eigenvalue weighted by Crippen LogP contribution is -3.00. The minimum Gasteiger partial charge on any atom is -1.00 e. The molecule has 0 saturated heterocycles. The van der Waals surface area contributed by atoms with Crippen LogP contribution in [0.4, 0.5) is 27.5 Å². The first-order chi connectivity index (χ1) is 11.9. The van der Waals surface area contributed by atoms with E-state index in [1.165, 1.54) is 5.69 Å². The van der Waals surface area contributed by atoms with Crippen molar-refractivity contribution in [2.75, 3.05) is 47.6 Å². The minimum absolute atomic E-state index is 0. The molecule has 6 heteroatoms. The highest BCUT2D eigenvalue weighted by molar-refractivity contribution is 6.00. The van der Waals surface area contributed by atoms with Gasteiger partial charge in [-0.1, -0.05) is 0 Å². The van der Waals surface area contributed by atoms with E-state index < -0.39 is 0 Å². The molecule has 0 aliphatic heterocycles. The zero-order chi connectivity index (χ0) is 18.4. The van der Waals surface area contributed by atoms with Gasteiger partial charge >= 0.3 is 6.03 Å². The van der Waals surface area contributed by atoms with Crippen LogP contribution in [-0.2, 0) is 0 Å². The first-order valence-electron chi connectivity index (χ1n) is 8.65. The van der Waals surface area contributed by atoms with E-state index in [1.807, 2.05) is 62.3 Å². The van der Waals surface area contributed by atoms with E-state index in [2.05, 4.69) is 35.4 Å². The number of nitrogens with zero attached hydrogens (tertiary/aromatic N) is 2. The van der Waals surface area contributed by atoms with Gasteiger partial charge in [0, 0.05) is 49.9 Å². The molecule has 0 aliphatic carbocycles. The molecular weight excluding hydrogens is 348 g/mol. The van der Waals surface area contributed by atoms with E-state index in [9.17, 15) is 4.79 Å².